The number of esters is 1. The smallest absolute Gasteiger partial charge is 0.306 e. The molecule has 0 rings (SSSR count). The first-order valence-corrected chi connectivity index (χ1v) is 23.4. The van der Waals surface area contributed by atoms with Crippen LogP contribution in [0.5, 0.6) is 0 Å². The topological polar surface area (TPSA) is 55.8 Å². The summed E-state index contributed by atoms with van der Waals surface area (Å²) in [6.07, 6.45) is 62.9. The van der Waals surface area contributed by atoms with Crippen molar-refractivity contribution in [1.82, 2.24) is 0 Å². The zero-order valence-corrected chi connectivity index (χ0v) is 36.0. The Kier molecular flexibility index (Phi) is 45.6. The standard InChI is InChI=1S/C50H90O4/c1-3-5-7-9-11-13-15-17-19-21-23-24-25-26-27-28-30-32-34-36-38-40-42-44-46-53-48-49(47-51)54-50(52)45-43-41-39-37-35-33-31-29-22-20-18-16-14-12-10-8-6-4-2/h5,7,11,13,17,19,23-24,26-27,49,51H,3-4,6,8-10,12,14-16,18,20-22,25,28-48H2,1-2H3/b7-5-,13-11-,19-17-,24-23-,27-26-. The molecule has 0 spiro atoms. The van der Waals surface area contributed by atoms with Gasteiger partial charge in [0.2, 0.25) is 0 Å². The van der Waals surface area contributed by atoms with E-state index in [1.165, 1.54) is 154 Å². The van der Waals surface area contributed by atoms with Crippen LogP contribution in [0, 0.1) is 0 Å². The molecule has 0 bridgehead atoms. The van der Waals surface area contributed by atoms with Crippen molar-refractivity contribution in [2.45, 2.75) is 232 Å². The number of hydrogen-bond donors (Lipinski definition) is 1. The van der Waals surface area contributed by atoms with E-state index in [2.05, 4.69) is 74.6 Å². The molecule has 1 N–H and O–H groups in total. The van der Waals surface area contributed by atoms with Crippen LogP contribution in [0.25, 0.3) is 0 Å². The van der Waals surface area contributed by atoms with Crippen LogP contribution in [0.3, 0.4) is 0 Å². The minimum absolute atomic E-state index is 0.175. The zero-order valence-electron chi connectivity index (χ0n) is 36.0. The van der Waals surface area contributed by atoms with Crippen LogP contribution in [0.2, 0.25) is 0 Å². The Bertz CT molecular complexity index is 885. The number of allylic oxidation sites excluding steroid dienone is 10. The Balaban J connectivity index is 3.44. The van der Waals surface area contributed by atoms with E-state index in [-0.39, 0.29) is 12.6 Å². The lowest BCUT2D eigenvalue weighted by atomic mass is 10.0. The van der Waals surface area contributed by atoms with Crippen LogP contribution in [0.15, 0.2) is 60.8 Å². The molecule has 0 saturated carbocycles. The summed E-state index contributed by atoms with van der Waals surface area (Å²) in [5.74, 6) is -0.202. The van der Waals surface area contributed by atoms with Gasteiger partial charge in [0.25, 0.3) is 0 Å². The van der Waals surface area contributed by atoms with Crippen molar-refractivity contribution in [3.63, 3.8) is 0 Å². The molecule has 0 saturated heterocycles. The predicted molar refractivity (Wildman–Crippen MR) is 237 cm³/mol. The van der Waals surface area contributed by atoms with Crippen LogP contribution in [0.4, 0.5) is 0 Å². The fourth-order valence-electron chi connectivity index (χ4n) is 6.65. The summed E-state index contributed by atoms with van der Waals surface area (Å²) in [5.41, 5.74) is 0. The molecular formula is C50H90O4. The quantitative estimate of drug-likeness (QED) is 0.0383. The summed E-state index contributed by atoms with van der Waals surface area (Å²) in [5, 5.41) is 9.63. The molecule has 54 heavy (non-hydrogen) atoms. The highest BCUT2D eigenvalue weighted by Gasteiger charge is 2.13. The lowest BCUT2D eigenvalue weighted by Crippen LogP contribution is -2.27. The van der Waals surface area contributed by atoms with E-state index in [9.17, 15) is 9.90 Å². The molecule has 0 aromatic carbocycles. The highest BCUT2D eigenvalue weighted by Crippen LogP contribution is 2.15. The van der Waals surface area contributed by atoms with Gasteiger partial charge in [-0.15, -0.1) is 0 Å². The zero-order chi connectivity index (χ0) is 39.1. The molecule has 314 valence electrons. The van der Waals surface area contributed by atoms with E-state index in [1.807, 2.05) is 0 Å². The summed E-state index contributed by atoms with van der Waals surface area (Å²) >= 11 is 0. The molecule has 0 amide bonds. The van der Waals surface area contributed by atoms with Crippen LogP contribution in [0.1, 0.15) is 226 Å². The molecular weight excluding hydrogens is 665 g/mol. The Morgan fingerprint density at radius 1 is 0.463 bits per heavy atom. The SMILES string of the molecule is CC/C=C\C/C=C\C/C=C\C/C=C\C/C=C\CCCCCCCCCCOCC(CO)OC(=O)CCCCCCCCCCCCCCCCCCCC. The van der Waals surface area contributed by atoms with Gasteiger partial charge in [-0.1, -0.05) is 222 Å². The Morgan fingerprint density at radius 3 is 1.26 bits per heavy atom. The average molecular weight is 755 g/mol. The van der Waals surface area contributed by atoms with Crippen LogP contribution < -0.4 is 0 Å². The normalized spacial score (nSPS) is 12.9. The molecule has 0 heterocycles. The summed E-state index contributed by atoms with van der Waals surface area (Å²) in [4.78, 5) is 12.2. The number of rotatable bonds is 43. The van der Waals surface area contributed by atoms with Crippen molar-refractivity contribution in [3.05, 3.63) is 60.8 Å². The van der Waals surface area contributed by atoms with Crippen molar-refractivity contribution in [2.75, 3.05) is 19.8 Å². The Morgan fingerprint density at radius 2 is 0.833 bits per heavy atom. The van der Waals surface area contributed by atoms with Gasteiger partial charge >= 0.3 is 5.97 Å². The van der Waals surface area contributed by atoms with E-state index >= 15 is 0 Å². The van der Waals surface area contributed by atoms with E-state index in [1.54, 1.807) is 0 Å². The molecule has 1 atom stereocenters. The van der Waals surface area contributed by atoms with Gasteiger partial charge in [-0.2, -0.15) is 0 Å². The van der Waals surface area contributed by atoms with Gasteiger partial charge in [-0.25, -0.2) is 0 Å². The highest BCUT2D eigenvalue weighted by molar-refractivity contribution is 5.69. The molecule has 0 aromatic heterocycles. The minimum Gasteiger partial charge on any atom is -0.457 e. The number of carbonyl (C=O) groups excluding carboxylic acids is 1. The van der Waals surface area contributed by atoms with Gasteiger partial charge in [-0.3, -0.25) is 4.79 Å². The summed E-state index contributed by atoms with van der Waals surface area (Å²) < 4.78 is 11.2. The van der Waals surface area contributed by atoms with Crippen molar-refractivity contribution in [1.29, 1.82) is 0 Å². The fraction of sp³-hybridized carbons (Fsp3) is 0.780. The fourth-order valence-corrected chi connectivity index (χ4v) is 6.65. The number of hydrogen-bond acceptors (Lipinski definition) is 4. The summed E-state index contributed by atoms with van der Waals surface area (Å²) in [6.45, 7) is 5.24. The van der Waals surface area contributed by atoms with Crippen LogP contribution in [-0.4, -0.2) is 37.0 Å². The molecule has 4 heteroatoms. The van der Waals surface area contributed by atoms with Gasteiger partial charge in [0.05, 0.1) is 13.2 Å². The third-order valence-corrected chi connectivity index (χ3v) is 10.1. The van der Waals surface area contributed by atoms with E-state index in [0.29, 0.717) is 19.6 Å². The second-order valence-corrected chi connectivity index (χ2v) is 15.5. The lowest BCUT2D eigenvalue weighted by Gasteiger charge is -2.16. The highest BCUT2D eigenvalue weighted by atomic mass is 16.6. The number of ether oxygens (including phenoxy) is 2. The van der Waals surface area contributed by atoms with Gasteiger partial charge in [0.15, 0.2) is 0 Å². The van der Waals surface area contributed by atoms with Gasteiger partial charge in [-0.05, 0) is 57.8 Å². The van der Waals surface area contributed by atoms with E-state index in [0.717, 1.165) is 51.4 Å². The molecule has 0 aliphatic heterocycles. The summed E-state index contributed by atoms with van der Waals surface area (Å²) in [7, 11) is 0. The maximum Gasteiger partial charge on any atom is 0.306 e. The van der Waals surface area contributed by atoms with E-state index < -0.39 is 6.10 Å². The lowest BCUT2D eigenvalue weighted by molar-refractivity contribution is -0.154. The van der Waals surface area contributed by atoms with Gasteiger partial charge in [0.1, 0.15) is 6.10 Å². The third kappa shape index (κ3) is 44.5. The van der Waals surface area contributed by atoms with E-state index in [4.69, 9.17) is 9.47 Å². The number of aliphatic hydroxyl groups excluding tert-OH is 1. The average Bonchev–Trinajstić information content (AvgIpc) is 3.18. The first-order valence-electron chi connectivity index (χ1n) is 23.4. The Hall–Kier alpha value is -1.91. The van der Waals surface area contributed by atoms with Crippen molar-refractivity contribution >= 4 is 5.97 Å². The van der Waals surface area contributed by atoms with Crippen molar-refractivity contribution in [2.24, 2.45) is 0 Å². The summed E-state index contributed by atoms with van der Waals surface area (Å²) in [6, 6.07) is 0. The minimum atomic E-state index is -0.539. The largest absolute Gasteiger partial charge is 0.457 e. The first kappa shape index (κ1) is 52.1. The maximum absolute atomic E-state index is 12.2. The molecule has 1 unspecified atom stereocenters. The second kappa shape index (κ2) is 47.2. The van der Waals surface area contributed by atoms with Crippen molar-refractivity contribution < 1.29 is 19.4 Å². The number of aliphatic hydroxyl groups is 1. The number of carbonyl (C=O) groups is 1. The monoisotopic (exact) mass is 755 g/mol. The number of unbranched alkanes of at least 4 members (excludes halogenated alkanes) is 25. The maximum atomic E-state index is 12.2. The van der Waals surface area contributed by atoms with Crippen LogP contribution >= 0.6 is 0 Å². The molecule has 0 fully saturated rings. The Labute approximate surface area is 336 Å². The second-order valence-electron chi connectivity index (χ2n) is 15.5. The predicted octanol–water partition coefficient (Wildman–Crippen LogP) is 15.6. The van der Waals surface area contributed by atoms with Gasteiger partial charge in [0, 0.05) is 13.0 Å². The molecule has 0 radical (unpaired) electrons. The first-order chi connectivity index (χ1) is 26.7. The van der Waals surface area contributed by atoms with Crippen molar-refractivity contribution in [3.8, 4) is 0 Å². The molecule has 0 aliphatic rings. The van der Waals surface area contributed by atoms with Crippen LogP contribution in [-0.2, 0) is 14.3 Å². The third-order valence-electron chi connectivity index (χ3n) is 10.1. The molecule has 0 aliphatic carbocycles. The molecule has 4 nitrogen and oxygen atoms in total. The van der Waals surface area contributed by atoms with Gasteiger partial charge < -0.3 is 14.6 Å². The molecule has 0 aromatic rings.